The Morgan fingerprint density at radius 3 is 2.65 bits per heavy atom. The van der Waals surface area contributed by atoms with Gasteiger partial charge in [0.1, 0.15) is 11.5 Å². The Kier molecular flexibility index (Phi) is 4.08. The number of aromatic amines is 1. The van der Waals surface area contributed by atoms with E-state index in [2.05, 4.69) is 10.3 Å². The fraction of sp³-hybridized carbons (Fsp3) is 0.500. The predicted octanol–water partition coefficient (Wildman–Crippen LogP) is -0.123. The molecule has 1 aromatic rings. The van der Waals surface area contributed by atoms with Gasteiger partial charge < -0.3 is 11.1 Å². The molecule has 1 heterocycles. The van der Waals surface area contributed by atoms with Crippen molar-refractivity contribution >= 4 is 17.4 Å². The summed E-state index contributed by atoms with van der Waals surface area (Å²) in [5.74, 6) is -0.313. The number of nitrogen functional groups attached to an aromatic ring is 1. The molecule has 0 saturated heterocycles. The van der Waals surface area contributed by atoms with Gasteiger partial charge in [-0.1, -0.05) is 13.3 Å². The van der Waals surface area contributed by atoms with Crippen molar-refractivity contribution in [1.29, 1.82) is 0 Å². The Balaban J connectivity index is 3.33. The second kappa shape index (κ2) is 5.33. The zero-order valence-corrected chi connectivity index (χ0v) is 9.87. The van der Waals surface area contributed by atoms with Gasteiger partial charge >= 0.3 is 5.69 Å². The van der Waals surface area contributed by atoms with Gasteiger partial charge in [-0.3, -0.25) is 19.1 Å². The topological polar surface area (TPSA) is 110 Å². The van der Waals surface area contributed by atoms with Gasteiger partial charge in [0.05, 0.1) is 0 Å². The van der Waals surface area contributed by atoms with Crippen molar-refractivity contribution < 1.29 is 4.79 Å². The molecule has 1 amide bonds. The number of carbonyl (C=O) groups is 1. The molecule has 0 unspecified atom stereocenters. The van der Waals surface area contributed by atoms with E-state index in [9.17, 15) is 14.4 Å². The first kappa shape index (κ1) is 13.0. The van der Waals surface area contributed by atoms with E-state index < -0.39 is 11.2 Å². The van der Waals surface area contributed by atoms with Gasteiger partial charge in [0, 0.05) is 13.5 Å². The molecule has 0 aliphatic rings. The van der Waals surface area contributed by atoms with Crippen molar-refractivity contribution in [3.63, 3.8) is 0 Å². The minimum absolute atomic E-state index is 0.0692. The number of rotatable bonds is 4. The van der Waals surface area contributed by atoms with E-state index in [4.69, 9.17) is 5.73 Å². The quantitative estimate of drug-likeness (QED) is 0.681. The molecule has 0 aliphatic carbocycles. The molecule has 0 aromatic carbocycles. The maximum atomic E-state index is 11.6. The number of hydrogen-bond acceptors (Lipinski definition) is 4. The van der Waals surface area contributed by atoms with Crippen LogP contribution in [-0.4, -0.2) is 15.5 Å². The number of unbranched alkanes of at least 4 members (excludes halogenated alkanes) is 1. The van der Waals surface area contributed by atoms with Crippen LogP contribution in [-0.2, 0) is 11.3 Å². The molecule has 0 atom stereocenters. The third-order valence-electron chi connectivity index (χ3n) is 2.26. The molecular formula is C10H16N4O3. The molecule has 0 spiro atoms. The molecule has 94 valence electrons. The van der Waals surface area contributed by atoms with Crippen LogP contribution in [0.15, 0.2) is 9.59 Å². The molecule has 4 N–H and O–H groups in total. The second-order valence-corrected chi connectivity index (χ2v) is 3.71. The van der Waals surface area contributed by atoms with Crippen molar-refractivity contribution in [2.24, 2.45) is 0 Å². The van der Waals surface area contributed by atoms with Crippen LogP contribution in [0.25, 0.3) is 0 Å². The Morgan fingerprint density at radius 2 is 2.12 bits per heavy atom. The van der Waals surface area contributed by atoms with Crippen molar-refractivity contribution in [3.05, 3.63) is 20.8 Å². The van der Waals surface area contributed by atoms with Crippen LogP contribution in [0.2, 0.25) is 0 Å². The van der Waals surface area contributed by atoms with Crippen LogP contribution in [0.1, 0.15) is 26.7 Å². The maximum Gasteiger partial charge on any atom is 0.330 e. The van der Waals surface area contributed by atoms with Gasteiger partial charge in [-0.05, 0) is 6.42 Å². The Hall–Kier alpha value is -2.05. The van der Waals surface area contributed by atoms with E-state index in [1.165, 1.54) is 11.5 Å². The smallest absolute Gasteiger partial charge is 0.330 e. The normalized spacial score (nSPS) is 10.2. The summed E-state index contributed by atoms with van der Waals surface area (Å²) in [6, 6.07) is 0. The third kappa shape index (κ3) is 2.96. The number of hydrogen-bond donors (Lipinski definition) is 3. The van der Waals surface area contributed by atoms with Crippen LogP contribution in [0.4, 0.5) is 11.5 Å². The van der Waals surface area contributed by atoms with E-state index >= 15 is 0 Å². The fourth-order valence-electron chi connectivity index (χ4n) is 1.42. The van der Waals surface area contributed by atoms with Crippen molar-refractivity contribution in [2.45, 2.75) is 33.2 Å². The Bertz CT molecular complexity index is 529. The molecule has 17 heavy (non-hydrogen) atoms. The number of carbonyl (C=O) groups excluding carboxylic acids is 1. The summed E-state index contributed by atoms with van der Waals surface area (Å²) < 4.78 is 1.27. The largest absolute Gasteiger partial charge is 0.391 e. The molecule has 0 aliphatic heterocycles. The molecule has 7 heteroatoms. The first-order chi connectivity index (χ1) is 7.97. The molecular weight excluding hydrogens is 224 g/mol. The first-order valence-electron chi connectivity index (χ1n) is 5.37. The highest BCUT2D eigenvalue weighted by Gasteiger charge is 2.12. The van der Waals surface area contributed by atoms with Gasteiger partial charge in [-0.25, -0.2) is 4.79 Å². The minimum atomic E-state index is -0.688. The lowest BCUT2D eigenvalue weighted by molar-refractivity contribution is -0.114. The van der Waals surface area contributed by atoms with Crippen LogP contribution >= 0.6 is 0 Å². The number of nitrogens with zero attached hydrogens (tertiary/aromatic N) is 1. The molecule has 1 aromatic heterocycles. The van der Waals surface area contributed by atoms with E-state index in [1.54, 1.807) is 0 Å². The lowest BCUT2D eigenvalue weighted by Crippen LogP contribution is -2.34. The fourth-order valence-corrected chi connectivity index (χ4v) is 1.42. The number of nitrogens with two attached hydrogens (primary N) is 1. The van der Waals surface area contributed by atoms with Gasteiger partial charge in [-0.15, -0.1) is 0 Å². The number of aromatic nitrogens is 2. The highest BCUT2D eigenvalue weighted by molar-refractivity contribution is 5.90. The summed E-state index contributed by atoms with van der Waals surface area (Å²) >= 11 is 0. The zero-order chi connectivity index (χ0) is 13.0. The molecule has 0 saturated carbocycles. The maximum absolute atomic E-state index is 11.6. The second-order valence-electron chi connectivity index (χ2n) is 3.71. The van der Waals surface area contributed by atoms with Crippen LogP contribution < -0.4 is 22.3 Å². The zero-order valence-electron chi connectivity index (χ0n) is 9.87. The first-order valence-corrected chi connectivity index (χ1v) is 5.37. The predicted molar refractivity (Wildman–Crippen MR) is 64.9 cm³/mol. The summed E-state index contributed by atoms with van der Waals surface area (Å²) in [4.78, 5) is 36.0. The van der Waals surface area contributed by atoms with E-state index in [0.29, 0.717) is 6.54 Å². The highest BCUT2D eigenvalue weighted by Crippen LogP contribution is 2.11. The Morgan fingerprint density at radius 1 is 1.47 bits per heavy atom. The lowest BCUT2D eigenvalue weighted by atomic mass is 10.3. The molecule has 1 rings (SSSR count). The number of anilines is 2. The van der Waals surface area contributed by atoms with E-state index in [1.807, 2.05) is 6.92 Å². The summed E-state index contributed by atoms with van der Waals surface area (Å²) in [7, 11) is 0. The molecule has 0 fully saturated rings. The molecule has 7 nitrogen and oxygen atoms in total. The summed E-state index contributed by atoms with van der Waals surface area (Å²) in [5, 5.41) is 2.41. The number of H-pyrrole nitrogens is 1. The third-order valence-corrected chi connectivity index (χ3v) is 2.26. The highest BCUT2D eigenvalue weighted by atomic mass is 16.2. The average Bonchev–Trinajstić information content (AvgIpc) is 2.24. The summed E-state index contributed by atoms with van der Waals surface area (Å²) in [6.45, 7) is 3.65. The van der Waals surface area contributed by atoms with E-state index in [0.717, 1.165) is 12.8 Å². The summed E-state index contributed by atoms with van der Waals surface area (Å²) in [5.41, 5.74) is 4.14. The lowest BCUT2D eigenvalue weighted by Gasteiger charge is -2.13. The van der Waals surface area contributed by atoms with Gasteiger partial charge in [0.25, 0.3) is 5.56 Å². The van der Waals surface area contributed by atoms with Crippen molar-refractivity contribution in [2.75, 3.05) is 11.1 Å². The van der Waals surface area contributed by atoms with Crippen LogP contribution in [0, 0.1) is 0 Å². The Labute approximate surface area is 97.6 Å². The van der Waals surface area contributed by atoms with Crippen LogP contribution in [0.3, 0.4) is 0 Å². The average molecular weight is 240 g/mol. The number of amides is 1. The summed E-state index contributed by atoms with van der Waals surface area (Å²) in [6.07, 6.45) is 1.63. The van der Waals surface area contributed by atoms with Gasteiger partial charge in [0.2, 0.25) is 5.91 Å². The van der Waals surface area contributed by atoms with Gasteiger partial charge in [0.15, 0.2) is 0 Å². The number of nitrogens with one attached hydrogen (secondary N) is 2. The van der Waals surface area contributed by atoms with Crippen LogP contribution in [0.5, 0.6) is 0 Å². The standard InChI is InChI=1S/C10H16N4O3/c1-3-4-5-14-8(12-6(2)15)7(11)9(16)13-10(14)17/h3-5,11H2,1-2H3,(H,12,15)(H,13,16,17). The molecule has 0 bridgehead atoms. The van der Waals surface area contributed by atoms with E-state index in [-0.39, 0.29) is 17.4 Å². The SMILES string of the molecule is CCCCn1c(NC(C)=O)c(N)c(=O)[nH]c1=O. The molecule has 0 radical (unpaired) electrons. The van der Waals surface area contributed by atoms with Gasteiger partial charge in [-0.2, -0.15) is 0 Å². The van der Waals surface area contributed by atoms with Crippen molar-refractivity contribution in [3.8, 4) is 0 Å². The van der Waals surface area contributed by atoms with Crippen molar-refractivity contribution in [1.82, 2.24) is 9.55 Å². The minimum Gasteiger partial charge on any atom is -0.391 e. The monoisotopic (exact) mass is 240 g/mol.